The van der Waals surface area contributed by atoms with Gasteiger partial charge in [-0.2, -0.15) is 4.31 Å². The summed E-state index contributed by atoms with van der Waals surface area (Å²) in [7, 11) is -3.60. The van der Waals surface area contributed by atoms with Gasteiger partial charge in [-0.3, -0.25) is 0 Å². The Kier molecular flexibility index (Phi) is 5.56. The van der Waals surface area contributed by atoms with Crippen LogP contribution in [0.4, 0.5) is 0 Å². The molecule has 114 valence electrons. The molecule has 7 heteroatoms. The second kappa shape index (κ2) is 7.02. The van der Waals surface area contributed by atoms with Gasteiger partial charge in [0.05, 0.1) is 10.4 Å². The van der Waals surface area contributed by atoms with E-state index in [0.717, 1.165) is 14.9 Å². The largest absolute Gasteiger partial charge is 0.395 e. The number of aliphatic hydroxyl groups is 1. The maximum absolute atomic E-state index is 12.7. The standard InChI is InChI=1S/C14H16BrNO3S2/c1-11-9-13(20-14(11)15)21(18,19)16(7-8-17)10-12-5-3-2-4-6-12/h2-6,9,17H,7-8,10H2,1H3. The average molecular weight is 390 g/mol. The second-order valence-corrected chi connectivity index (χ2v) is 9.10. The highest BCUT2D eigenvalue weighted by atomic mass is 79.9. The molecule has 0 unspecified atom stereocenters. The molecule has 1 aromatic heterocycles. The first-order valence-electron chi connectivity index (χ1n) is 6.36. The number of aliphatic hydroxyl groups excluding tert-OH is 1. The molecule has 0 radical (unpaired) electrons. The molecule has 0 saturated heterocycles. The smallest absolute Gasteiger partial charge is 0.252 e. The molecule has 0 bridgehead atoms. The van der Waals surface area contributed by atoms with Crippen molar-refractivity contribution in [3.8, 4) is 0 Å². The number of benzene rings is 1. The number of halogens is 1. The summed E-state index contributed by atoms with van der Waals surface area (Å²) in [6.45, 7) is 1.97. The lowest BCUT2D eigenvalue weighted by atomic mass is 10.2. The lowest BCUT2D eigenvalue weighted by Crippen LogP contribution is -2.32. The van der Waals surface area contributed by atoms with Crippen LogP contribution in [0.25, 0.3) is 0 Å². The molecule has 0 spiro atoms. The van der Waals surface area contributed by atoms with Crippen LogP contribution in [0.15, 0.2) is 44.4 Å². The van der Waals surface area contributed by atoms with Gasteiger partial charge in [0.2, 0.25) is 0 Å². The van der Waals surface area contributed by atoms with Crippen LogP contribution in [0.5, 0.6) is 0 Å². The predicted molar refractivity (Wildman–Crippen MR) is 87.9 cm³/mol. The lowest BCUT2D eigenvalue weighted by molar-refractivity contribution is 0.251. The molecule has 0 fully saturated rings. The van der Waals surface area contributed by atoms with Crippen LogP contribution < -0.4 is 0 Å². The van der Waals surface area contributed by atoms with Crippen LogP contribution >= 0.6 is 27.3 Å². The Morgan fingerprint density at radius 2 is 1.95 bits per heavy atom. The zero-order valence-electron chi connectivity index (χ0n) is 11.5. The topological polar surface area (TPSA) is 57.6 Å². The third kappa shape index (κ3) is 3.92. The first-order valence-corrected chi connectivity index (χ1v) is 9.41. The molecule has 0 amide bonds. The first kappa shape index (κ1) is 16.6. The van der Waals surface area contributed by atoms with Crippen LogP contribution in [-0.4, -0.2) is 31.0 Å². The Hall–Kier alpha value is -0.730. The van der Waals surface area contributed by atoms with Crippen LogP contribution in [0, 0.1) is 6.92 Å². The van der Waals surface area contributed by atoms with Gasteiger partial charge in [-0.25, -0.2) is 8.42 Å². The minimum absolute atomic E-state index is 0.0752. The van der Waals surface area contributed by atoms with Gasteiger partial charge in [-0.05, 0) is 40.0 Å². The van der Waals surface area contributed by atoms with E-state index in [1.807, 2.05) is 37.3 Å². The summed E-state index contributed by atoms with van der Waals surface area (Å²) in [5, 5.41) is 9.17. The van der Waals surface area contributed by atoms with E-state index in [0.29, 0.717) is 0 Å². The van der Waals surface area contributed by atoms with E-state index < -0.39 is 10.0 Å². The van der Waals surface area contributed by atoms with Gasteiger partial charge in [-0.1, -0.05) is 30.3 Å². The molecular weight excluding hydrogens is 374 g/mol. The summed E-state index contributed by atoms with van der Waals surface area (Å²) < 4.78 is 27.8. The normalized spacial score (nSPS) is 12.0. The molecule has 0 aliphatic carbocycles. The van der Waals surface area contributed by atoms with Crippen molar-refractivity contribution in [3.05, 3.63) is 51.3 Å². The van der Waals surface area contributed by atoms with E-state index in [-0.39, 0.29) is 23.9 Å². The van der Waals surface area contributed by atoms with Crippen LogP contribution in [0.1, 0.15) is 11.1 Å². The number of nitrogens with zero attached hydrogens (tertiary/aromatic N) is 1. The molecule has 0 aliphatic heterocycles. The Morgan fingerprint density at radius 3 is 2.48 bits per heavy atom. The molecule has 0 aliphatic rings. The van der Waals surface area contributed by atoms with Crippen molar-refractivity contribution in [2.24, 2.45) is 0 Å². The van der Waals surface area contributed by atoms with Crippen LogP contribution in [0.3, 0.4) is 0 Å². The molecule has 2 rings (SSSR count). The highest BCUT2D eigenvalue weighted by Gasteiger charge is 2.26. The summed E-state index contributed by atoms with van der Waals surface area (Å²) in [5.74, 6) is 0. The molecule has 0 atom stereocenters. The zero-order chi connectivity index (χ0) is 15.5. The number of hydrogen-bond acceptors (Lipinski definition) is 4. The van der Waals surface area contributed by atoms with Crippen molar-refractivity contribution in [1.29, 1.82) is 0 Å². The summed E-state index contributed by atoms with van der Waals surface area (Å²) in [4.78, 5) is 0. The van der Waals surface area contributed by atoms with Gasteiger partial charge in [-0.15, -0.1) is 11.3 Å². The molecule has 1 heterocycles. The van der Waals surface area contributed by atoms with Crippen LogP contribution in [0.2, 0.25) is 0 Å². The van der Waals surface area contributed by atoms with E-state index in [1.165, 1.54) is 15.6 Å². The highest BCUT2D eigenvalue weighted by Crippen LogP contribution is 2.32. The Morgan fingerprint density at radius 1 is 1.29 bits per heavy atom. The van der Waals surface area contributed by atoms with Gasteiger partial charge in [0, 0.05) is 13.1 Å². The summed E-state index contributed by atoms with van der Waals surface area (Å²) in [5.41, 5.74) is 1.78. The van der Waals surface area contributed by atoms with Crippen molar-refractivity contribution in [2.45, 2.75) is 17.7 Å². The number of thiophene rings is 1. The fourth-order valence-electron chi connectivity index (χ4n) is 1.87. The van der Waals surface area contributed by atoms with E-state index in [1.54, 1.807) is 6.07 Å². The van der Waals surface area contributed by atoms with E-state index >= 15 is 0 Å². The fourth-order valence-corrected chi connectivity index (χ4v) is 5.67. The Labute approximate surface area is 137 Å². The van der Waals surface area contributed by atoms with Gasteiger partial charge in [0.15, 0.2) is 0 Å². The van der Waals surface area contributed by atoms with Gasteiger partial charge < -0.3 is 5.11 Å². The Bertz CT molecular complexity index is 679. The number of hydrogen-bond donors (Lipinski definition) is 1. The third-order valence-electron chi connectivity index (χ3n) is 2.98. The second-order valence-electron chi connectivity index (χ2n) is 4.57. The molecule has 0 saturated carbocycles. The summed E-state index contributed by atoms with van der Waals surface area (Å²) in [6, 6.07) is 11.0. The predicted octanol–water partition coefficient (Wildman–Crippen LogP) is 3.00. The van der Waals surface area contributed by atoms with E-state index in [4.69, 9.17) is 0 Å². The zero-order valence-corrected chi connectivity index (χ0v) is 14.7. The minimum atomic E-state index is -3.60. The molecule has 2 aromatic rings. The summed E-state index contributed by atoms with van der Waals surface area (Å²) in [6.07, 6.45) is 0. The van der Waals surface area contributed by atoms with Crippen molar-refractivity contribution < 1.29 is 13.5 Å². The molecule has 1 N–H and O–H groups in total. The van der Waals surface area contributed by atoms with Crippen molar-refractivity contribution >= 4 is 37.3 Å². The van der Waals surface area contributed by atoms with Gasteiger partial charge in [0.1, 0.15) is 4.21 Å². The minimum Gasteiger partial charge on any atom is -0.395 e. The molecule has 4 nitrogen and oxygen atoms in total. The molecule has 21 heavy (non-hydrogen) atoms. The van der Waals surface area contributed by atoms with E-state index in [2.05, 4.69) is 15.9 Å². The van der Waals surface area contributed by atoms with E-state index in [9.17, 15) is 13.5 Å². The van der Waals surface area contributed by atoms with Crippen molar-refractivity contribution in [1.82, 2.24) is 4.31 Å². The maximum Gasteiger partial charge on any atom is 0.252 e. The third-order valence-corrected chi connectivity index (χ3v) is 7.41. The molecular formula is C14H16BrNO3S2. The fraction of sp³-hybridized carbons (Fsp3) is 0.286. The highest BCUT2D eigenvalue weighted by molar-refractivity contribution is 9.11. The van der Waals surface area contributed by atoms with Crippen LogP contribution in [-0.2, 0) is 16.6 Å². The number of rotatable bonds is 6. The lowest BCUT2D eigenvalue weighted by Gasteiger charge is -2.20. The van der Waals surface area contributed by atoms with Crippen molar-refractivity contribution in [2.75, 3.05) is 13.2 Å². The maximum atomic E-state index is 12.7. The number of aryl methyl sites for hydroxylation is 1. The van der Waals surface area contributed by atoms with Gasteiger partial charge in [0.25, 0.3) is 10.0 Å². The average Bonchev–Trinajstić information content (AvgIpc) is 2.80. The monoisotopic (exact) mass is 389 g/mol. The molecule has 1 aromatic carbocycles. The van der Waals surface area contributed by atoms with Gasteiger partial charge >= 0.3 is 0 Å². The quantitative estimate of drug-likeness (QED) is 0.825. The van der Waals surface area contributed by atoms with Crippen molar-refractivity contribution in [3.63, 3.8) is 0 Å². The first-order chi connectivity index (χ1) is 9.95. The SMILES string of the molecule is Cc1cc(S(=O)(=O)N(CCO)Cc2ccccc2)sc1Br. The summed E-state index contributed by atoms with van der Waals surface area (Å²) >= 11 is 4.54. The Balaban J connectivity index is 2.32. The number of sulfonamides is 1.